The Morgan fingerprint density at radius 1 is 1.40 bits per heavy atom. The van der Waals surface area contributed by atoms with Crippen LogP contribution in [-0.2, 0) is 4.74 Å². The molecule has 1 aliphatic rings. The molecule has 1 amide bonds. The summed E-state index contributed by atoms with van der Waals surface area (Å²) in [6.07, 6.45) is 0.191. The molecule has 1 fully saturated rings. The molecule has 0 bridgehead atoms. The first-order chi connectivity index (χ1) is 9.47. The van der Waals surface area contributed by atoms with Gasteiger partial charge in [0.1, 0.15) is 0 Å². The second-order valence-corrected chi connectivity index (χ2v) is 4.64. The number of halogens is 3. The number of likely N-dealkylation sites (tertiary alicyclic amines) is 1. The number of benzene rings is 1. The summed E-state index contributed by atoms with van der Waals surface area (Å²) in [5.41, 5.74) is -0.295. The van der Waals surface area contributed by atoms with Crippen molar-refractivity contribution in [2.24, 2.45) is 0 Å². The number of nitrogens with zero attached hydrogens (tertiary/aromatic N) is 1. The highest BCUT2D eigenvalue weighted by Gasteiger charge is 2.35. The lowest BCUT2D eigenvalue weighted by molar-refractivity contribution is 0.0646. The average Bonchev–Trinajstić information content (AvgIpc) is 2.86. The van der Waals surface area contributed by atoms with Crippen LogP contribution in [-0.4, -0.2) is 48.3 Å². The van der Waals surface area contributed by atoms with Crippen LogP contribution >= 0.6 is 0 Å². The Balaban J connectivity index is 2.27. The summed E-state index contributed by atoms with van der Waals surface area (Å²) in [7, 11) is 1.48. The minimum Gasteiger partial charge on any atom is -0.394 e. The summed E-state index contributed by atoms with van der Waals surface area (Å²) in [6.45, 7) is -0.0705. The number of aliphatic hydroxyl groups excluding tert-OH is 1. The second-order valence-electron chi connectivity index (χ2n) is 4.64. The van der Waals surface area contributed by atoms with Crippen LogP contribution in [0.15, 0.2) is 12.1 Å². The number of hydrogen-bond donors (Lipinski definition) is 1. The van der Waals surface area contributed by atoms with E-state index in [1.54, 1.807) is 0 Å². The van der Waals surface area contributed by atoms with E-state index in [9.17, 15) is 23.1 Å². The molecule has 7 heteroatoms. The third kappa shape index (κ3) is 2.64. The lowest BCUT2D eigenvalue weighted by atomic mass is 10.1. The molecule has 2 rings (SSSR count). The van der Waals surface area contributed by atoms with Gasteiger partial charge in [0.2, 0.25) is 0 Å². The van der Waals surface area contributed by atoms with E-state index in [0.29, 0.717) is 18.6 Å². The Labute approximate surface area is 113 Å². The molecule has 110 valence electrons. The molecule has 4 nitrogen and oxygen atoms in total. The monoisotopic (exact) mass is 289 g/mol. The summed E-state index contributed by atoms with van der Waals surface area (Å²) >= 11 is 0. The third-order valence-corrected chi connectivity index (χ3v) is 3.41. The van der Waals surface area contributed by atoms with Crippen molar-refractivity contribution in [2.45, 2.75) is 18.6 Å². The molecule has 1 saturated heterocycles. The van der Waals surface area contributed by atoms with Gasteiger partial charge in [0.15, 0.2) is 17.5 Å². The van der Waals surface area contributed by atoms with Crippen LogP contribution in [0, 0.1) is 17.5 Å². The van der Waals surface area contributed by atoms with E-state index in [-0.39, 0.29) is 24.8 Å². The molecule has 1 heterocycles. The number of carbonyl (C=O) groups is 1. The quantitative estimate of drug-likeness (QED) is 0.854. The zero-order chi connectivity index (χ0) is 14.9. The van der Waals surface area contributed by atoms with E-state index in [2.05, 4.69) is 0 Å². The molecule has 2 atom stereocenters. The van der Waals surface area contributed by atoms with Gasteiger partial charge in [0.05, 0.1) is 18.8 Å². The van der Waals surface area contributed by atoms with Gasteiger partial charge in [-0.15, -0.1) is 0 Å². The molecular formula is C13H14F3NO3. The Morgan fingerprint density at radius 2 is 2.00 bits per heavy atom. The van der Waals surface area contributed by atoms with Gasteiger partial charge in [-0.1, -0.05) is 0 Å². The van der Waals surface area contributed by atoms with Crippen molar-refractivity contribution in [3.05, 3.63) is 35.1 Å². The number of hydrogen-bond acceptors (Lipinski definition) is 3. The largest absolute Gasteiger partial charge is 0.394 e. The van der Waals surface area contributed by atoms with Crippen molar-refractivity contribution in [1.82, 2.24) is 4.90 Å². The van der Waals surface area contributed by atoms with Gasteiger partial charge in [0.25, 0.3) is 5.91 Å². The molecule has 1 aromatic rings. The topological polar surface area (TPSA) is 49.8 Å². The fourth-order valence-corrected chi connectivity index (χ4v) is 2.31. The van der Waals surface area contributed by atoms with Gasteiger partial charge in [-0.2, -0.15) is 0 Å². The Morgan fingerprint density at radius 3 is 2.50 bits per heavy atom. The van der Waals surface area contributed by atoms with E-state index < -0.39 is 29.4 Å². The normalized spacial score (nSPS) is 22.4. The van der Waals surface area contributed by atoms with E-state index in [0.717, 1.165) is 0 Å². The first kappa shape index (κ1) is 14.8. The molecule has 0 unspecified atom stereocenters. The molecule has 0 saturated carbocycles. The van der Waals surface area contributed by atoms with Crippen LogP contribution in [0.5, 0.6) is 0 Å². The average molecular weight is 289 g/mol. The molecule has 1 aliphatic heterocycles. The molecule has 0 radical (unpaired) electrons. The Hall–Kier alpha value is -1.60. The third-order valence-electron chi connectivity index (χ3n) is 3.41. The summed E-state index contributed by atoms with van der Waals surface area (Å²) in [4.78, 5) is 13.5. The fraction of sp³-hybridized carbons (Fsp3) is 0.462. The van der Waals surface area contributed by atoms with Crippen LogP contribution in [0.1, 0.15) is 16.8 Å². The summed E-state index contributed by atoms with van der Waals surface area (Å²) < 4.78 is 44.3. The van der Waals surface area contributed by atoms with Gasteiger partial charge in [-0.05, 0) is 18.6 Å². The standard InChI is InChI=1S/C13H14F3NO3/c1-20-9-4-8(6-18)17(5-9)13(19)7-2-10(14)12(16)11(15)3-7/h2-3,8-9,18H,4-6H2,1H3/t8-,9+/m0/s1. The summed E-state index contributed by atoms with van der Waals surface area (Å²) in [5.74, 6) is -5.12. The van der Waals surface area contributed by atoms with Gasteiger partial charge >= 0.3 is 0 Å². The maximum atomic E-state index is 13.1. The van der Waals surface area contributed by atoms with Crippen molar-refractivity contribution < 1.29 is 27.8 Å². The number of carbonyl (C=O) groups excluding carboxylic acids is 1. The van der Waals surface area contributed by atoms with Crippen molar-refractivity contribution in [3.8, 4) is 0 Å². The molecule has 1 aromatic carbocycles. The molecule has 0 aliphatic carbocycles. The maximum absolute atomic E-state index is 13.1. The van der Waals surface area contributed by atoms with E-state index in [1.165, 1.54) is 12.0 Å². The zero-order valence-electron chi connectivity index (χ0n) is 10.8. The van der Waals surface area contributed by atoms with Crippen molar-refractivity contribution in [2.75, 3.05) is 20.3 Å². The smallest absolute Gasteiger partial charge is 0.254 e. The molecule has 0 spiro atoms. The highest BCUT2D eigenvalue weighted by molar-refractivity contribution is 5.94. The van der Waals surface area contributed by atoms with Crippen LogP contribution < -0.4 is 0 Å². The Bertz CT molecular complexity index is 501. The zero-order valence-corrected chi connectivity index (χ0v) is 10.8. The van der Waals surface area contributed by atoms with Crippen LogP contribution in [0.3, 0.4) is 0 Å². The van der Waals surface area contributed by atoms with Gasteiger partial charge in [0, 0.05) is 19.2 Å². The van der Waals surface area contributed by atoms with Crippen LogP contribution in [0.4, 0.5) is 13.2 Å². The number of aliphatic hydroxyl groups is 1. The second kappa shape index (κ2) is 5.80. The molecule has 0 aromatic heterocycles. The highest BCUT2D eigenvalue weighted by atomic mass is 19.2. The highest BCUT2D eigenvalue weighted by Crippen LogP contribution is 2.23. The van der Waals surface area contributed by atoms with Crippen molar-refractivity contribution >= 4 is 5.91 Å². The number of ether oxygens (including phenoxy) is 1. The van der Waals surface area contributed by atoms with Gasteiger partial charge < -0.3 is 14.7 Å². The van der Waals surface area contributed by atoms with E-state index >= 15 is 0 Å². The predicted octanol–water partition coefficient (Wildman–Crippen LogP) is 1.33. The fourth-order valence-electron chi connectivity index (χ4n) is 2.31. The molecule has 20 heavy (non-hydrogen) atoms. The van der Waals surface area contributed by atoms with Gasteiger partial charge in [-0.25, -0.2) is 13.2 Å². The summed E-state index contributed by atoms with van der Waals surface area (Å²) in [5, 5.41) is 9.24. The van der Waals surface area contributed by atoms with Crippen molar-refractivity contribution in [1.29, 1.82) is 0 Å². The SMILES string of the molecule is CO[C@@H]1C[C@@H](CO)N(C(=O)c2cc(F)c(F)c(F)c2)C1. The van der Waals surface area contributed by atoms with E-state index in [4.69, 9.17) is 4.74 Å². The molecule has 1 N–H and O–H groups in total. The first-order valence-electron chi connectivity index (χ1n) is 6.07. The number of methoxy groups -OCH3 is 1. The Kier molecular flexibility index (Phi) is 4.29. The minimum atomic E-state index is -1.61. The first-order valence-corrected chi connectivity index (χ1v) is 6.07. The number of amides is 1. The number of rotatable bonds is 3. The predicted molar refractivity (Wildman–Crippen MR) is 63.6 cm³/mol. The lowest BCUT2D eigenvalue weighted by Crippen LogP contribution is -2.38. The van der Waals surface area contributed by atoms with Crippen molar-refractivity contribution in [3.63, 3.8) is 0 Å². The maximum Gasteiger partial charge on any atom is 0.254 e. The van der Waals surface area contributed by atoms with Crippen LogP contribution in [0.2, 0.25) is 0 Å². The van der Waals surface area contributed by atoms with E-state index in [1.807, 2.05) is 0 Å². The van der Waals surface area contributed by atoms with Crippen LogP contribution in [0.25, 0.3) is 0 Å². The molecular weight excluding hydrogens is 275 g/mol. The summed E-state index contributed by atoms with van der Waals surface area (Å²) in [6, 6.07) is 0.813. The lowest BCUT2D eigenvalue weighted by Gasteiger charge is -2.22. The van der Waals surface area contributed by atoms with Gasteiger partial charge in [-0.3, -0.25) is 4.79 Å². The minimum absolute atomic E-state index is 0.209.